The van der Waals surface area contributed by atoms with E-state index >= 15 is 0 Å². The lowest BCUT2D eigenvalue weighted by Gasteiger charge is -2.41. The molecule has 5 heteroatoms. The topological polar surface area (TPSA) is 54.5 Å². The Morgan fingerprint density at radius 1 is 1.24 bits per heavy atom. The molecule has 1 aromatic heterocycles. The molecule has 1 aliphatic carbocycles. The zero-order valence-corrected chi connectivity index (χ0v) is 12.6. The lowest BCUT2D eigenvalue weighted by atomic mass is 9.92. The van der Waals surface area contributed by atoms with E-state index in [4.69, 9.17) is 5.73 Å². The molecule has 4 nitrogen and oxygen atoms in total. The summed E-state index contributed by atoms with van der Waals surface area (Å²) >= 11 is 0. The van der Waals surface area contributed by atoms with Crippen molar-refractivity contribution in [1.82, 2.24) is 9.88 Å². The van der Waals surface area contributed by atoms with Gasteiger partial charge in [0.05, 0.1) is 18.4 Å². The number of aliphatic imine (C=N–C) groups is 1. The first-order valence-corrected chi connectivity index (χ1v) is 7.82. The normalized spacial score (nSPS) is 27.5. The third-order valence-corrected chi connectivity index (χ3v) is 4.80. The summed E-state index contributed by atoms with van der Waals surface area (Å²) in [6.07, 6.45) is 8.64. The molecule has 1 atom stereocenters. The summed E-state index contributed by atoms with van der Waals surface area (Å²) in [5.74, 6) is 0.297. The molecule has 0 amide bonds. The molecule has 1 fully saturated rings. The SMILES string of the molecule is CC1(c2ccc(F)cn2)CN=C(N)N1C1CCCCCC1. The average molecular weight is 290 g/mol. The van der Waals surface area contributed by atoms with Crippen LogP contribution in [-0.4, -0.2) is 28.4 Å². The number of rotatable bonds is 2. The maximum atomic E-state index is 13.2. The van der Waals surface area contributed by atoms with E-state index < -0.39 is 0 Å². The van der Waals surface area contributed by atoms with Gasteiger partial charge in [0.2, 0.25) is 0 Å². The van der Waals surface area contributed by atoms with Gasteiger partial charge < -0.3 is 10.6 Å². The molecule has 21 heavy (non-hydrogen) atoms. The molecule has 0 radical (unpaired) electrons. The van der Waals surface area contributed by atoms with Crippen LogP contribution >= 0.6 is 0 Å². The molecule has 2 N–H and O–H groups in total. The maximum absolute atomic E-state index is 13.2. The molecule has 2 heterocycles. The molecule has 0 bridgehead atoms. The van der Waals surface area contributed by atoms with Gasteiger partial charge >= 0.3 is 0 Å². The number of nitrogens with two attached hydrogens (primary N) is 1. The quantitative estimate of drug-likeness (QED) is 0.852. The summed E-state index contributed by atoms with van der Waals surface area (Å²) < 4.78 is 13.2. The van der Waals surface area contributed by atoms with Gasteiger partial charge in [-0.1, -0.05) is 25.7 Å². The summed E-state index contributed by atoms with van der Waals surface area (Å²) in [5.41, 5.74) is 6.67. The Kier molecular flexibility index (Phi) is 3.83. The highest BCUT2D eigenvalue weighted by molar-refractivity contribution is 5.81. The van der Waals surface area contributed by atoms with E-state index in [1.807, 2.05) is 0 Å². The predicted molar refractivity (Wildman–Crippen MR) is 81.4 cm³/mol. The summed E-state index contributed by atoms with van der Waals surface area (Å²) in [6.45, 7) is 2.70. The van der Waals surface area contributed by atoms with Gasteiger partial charge in [0.25, 0.3) is 0 Å². The first kappa shape index (κ1) is 14.3. The maximum Gasteiger partial charge on any atom is 0.192 e. The number of hydrogen-bond donors (Lipinski definition) is 1. The lowest BCUT2D eigenvalue weighted by Crippen LogP contribution is -2.53. The molecular weight excluding hydrogens is 267 g/mol. The fraction of sp³-hybridized carbons (Fsp3) is 0.625. The zero-order valence-electron chi connectivity index (χ0n) is 12.6. The van der Waals surface area contributed by atoms with Gasteiger partial charge in [-0.2, -0.15) is 0 Å². The van der Waals surface area contributed by atoms with Crippen molar-refractivity contribution in [2.24, 2.45) is 10.7 Å². The second-order valence-corrected chi connectivity index (χ2v) is 6.33. The molecule has 1 aliphatic heterocycles. The van der Waals surface area contributed by atoms with Crippen LogP contribution in [-0.2, 0) is 5.54 Å². The Balaban J connectivity index is 1.91. The van der Waals surface area contributed by atoms with Crippen LogP contribution in [0.5, 0.6) is 0 Å². The Morgan fingerprint density at radius 2 is 1.95 bits per heavy atom. The van der Waals surface area contributed by atoms with Crippen LogP contribution in [0.3, 0.4) is 0 Å². The average Bonchev–Trinajstić information content (AvgIpc) is 2.68. The van der Waals surface area contributed by atoms with Crippen molar-refractivity contribution in [3.05, 3.63) is 29.8 Å². The van der Waals surface area contributed by atoms with Gasteiger partial charge in [-0.15, -0.1) is 0 Å². The van der Waals surface area contributed by atoms with Gasteiger partial charge in [0.1, 0.15) is 11.4 Å². The van der Waals surface area contributed by atoms with Crippen LogP contribution in [0, 0.1) is 5.82 Å². The van der Waals surface area contributed by atoms with Crippen LogP contribution in [0.2, 0.25) is 0 Å². The molecule has 0 spiro atoms. The van der Waals surface area contributed by atoms with Gasteiger partial charge in [-0.3, -0.25) is 9.98 Å². The summed E-state index contributed by atoms with van der Waals surface area (Å²) in [4.78, 5) is 11.0. The van der Waals surface area contributed by atoms with E-state index in [0.717, 1.165) is 18.5 Å². The summed E-state index contributed by atoms with van der Waals surface area (Å²) in [6, 6.07) is 3.64. The molecule has 1 aromatic rings. The largest absolute Gasteiger partial charge is 0.370 e. The third-order valence-electron chi connectivity index (χ3n) is 4.80. The van der Waals surface area contributed by atoms with Crippen molar-refractivity contribution in [3.63, 3.8) is 0 Å². The monoisotopic (exact) mass is 290 g/mol. The fourth-order valence-electron chi connectivity index (χ4n) is 3.64. The minimum Gasteiger partial charge on any atom is -0.370 e. The first-order chi connectivity index (χ1) is 10.1. The van der Waals surface area contributed by atoms with Gasteiger partial charge in [0, 0.05) is 6.04 Å². The Hall–Kier alpha value is -1.65. The molecule has 1 saturated carbocycles. The van der Waals surface area contributed by atoms with E-state index in [2.05, 4.69) is 21.8 Å². The molecular formula is C16H23FN4. The fourth-order valence-corrected chi connectivity index (χ4v) is 3.64. The van der Waals surface area contributed by atoms with E-state index in [-0.39, 0.29) is 11.4 Å². The van der Waals surface area contributed by atoms with Crippen LogP contribution in [0.25, 0.3) is 0 Å². The number of halogens is 1. The highest BCUT2D eigenvalue weighted by atomic mass is 19.1. The second-order valence-electron chi connectivity index (χ2n) is 6.33. The van der Waals surface area contributed by atoms with Crippen LogP contribution in [0.4, 0.5) is 4.39 Å². The highest BCUT2D eigenvalue weighted by Crippen LogP contribution is 2.36. The van der Waals surface area contributed by atoms with Crippen LogP contribution in [0.1, 0.15) is 51.1 Å². The van der Waals surface area contributed by atoms with Crippen molar-refractivity contribution in [1.29, 1.82) is 0 Å². The lowest BCUT2D eigenvalue weighted by molar-refractivity contribution is 0.147. The van der Waals surface area contributed by atoms with E-state index in [1.54, 1.807) is 6.07 Å². The number of hydrogen-bond acceptors (Lipinski definition) is 4. The van der Waals surface area contributed by atoms with E-state index in [9.17, 15) is 4.39 Å². The molecule has 0 aromatic carbocycles. The van der Waals surface area contributed by atoms with Gasteiger partial charge in [0.15, 0.2) is 5.96 Å². The third kappa shape index (κ3) is 2.61. The Morgan fingerprint density at radius 3 is 2.57 bits per heavy atom. The second kappa shape index (κ2) is 5.62. The van der Waals surface area contributed by atoms with E-state index in [0.29, 0.717) is 18.5 Å². The minimum absolute atomic E-state index is 0.310. The van der Waals surface area contributed by atoms with Crippen molar-refractivity contribution in [2.45, 2.75) is 57.0 Å². The Bertz CT molecular complexity index is 520. The molecule has 3 rings (SSSR count). The van der Waals surface area contributed by atoms with E-state index in [1.165, 1.54) is 37.9 Å². The number of aromatic nitrogens is 1. The minimum atomic E-state index is -0.354. The standard InChI is InChI=1S/C16H23FN4/c1-16(14-9-8-12(17)10-19-14)11-20-15(18)21(16)13-6-4-2-3-5-7-13/h8-10,13H,2-7,11H2,1H3,(H2,18,20). The van der Waals surface area contributed by atoms with Crippen molar-refractivity contribution >= 4 is 5.96 Å². The van der Waals surface area contributed by atoms with Gasteiger partial charge in [-0.25, -0.2) is 4.39 Å². The highest BCUT2D eigenvalue weighted by Gasteiger charge is 2.44. The smallest absolute Gasteiger partial charge is 0.192 e. The van der Waals surface area contributed by atoms with Crippen molar-refractivity contribution in [3.8, 4) is 0 Å². The first-order valence-electron chi connectivity index (χ1n) is 7.82. The molecule has 1 unspecified atom stereocenters. The Labute approximate surface area is 125 Å². The number of nitrogens with zero attached hydrogens (tertiary/aromatic N) is 3. The molecule has 2 aliphatic rings. The van der Waals surface area contributed by atoms with Gasteiger partial charge in [-0.05, 0) is 31.9 Å². The molecule has 0 saturated heterocycles. The van der Waals surface area contributed by atoms with Crippen LogP contribution in [0.15, 0.2) is 23.3 Å². The number of guanidine groups is 1. The number of pyridine rings is 1. The van der Waals surface area contributed by atoms with Crippen molar-refractivity contribution in [2.75, 3.05) is 6.54 Å². The summed E-state index contributed by atoms with van der Waals surface area (Å²) in [7, 11) is 0. The predicted octanol–water partition coefficient (Wildman–Crippen LogP) is 2.79. The zero-order chi connectivity index (χ0) is 14.9. The van der Waals surface area contributed by atoms with Crippen LogP contribution < -0.4 is 5.73 Å². The summed E-state index contributed by atoms with van der Waals surface area (Å²) in [5, 5.41) is 0. The molecule has 114 valence electrons. The van der Waals surface area contributed by atoms with Crippen molar-refractivity contribution < 1.29 is 4.39 Å².